The van der Waals surface area contributed by atoms with Gasteiger partial charge < -0.3 is 10.0 Å². The van der Waals surface area contributed by atoms with Gasteiger partial charge in [0.15, 0.2) is 0 Å². The van der Waals surface area contributed by atoms with Crippen LogP contribution >= 0.6 is 0 Å². The van der Waals surface area contributed by atoms with E-state index in [1.807, 2.05) is 19.1 Å². The SMILES string of the molecule is Cc1cc(N2CCCN3CCCC3C2)ccc1C(=O)O. The summed E-state index contributed by atoms with van der Waals surface area (Å²) < 4.78 is 0. The fourth-order valence-corrected chi connectivity index (χ4v) is 3.53. The van der Waals surface area contributed by atoms with E-state index in [4.69, 9.17) is 5.11 Å². The van der Waals surface area contributed by atoms with Crippen LogP contribution in [0.1, 0.15) is 35.2 Å². The van der Waals surface area contributed by atoms with E-state index < -0.39 is 5.97 Å². The second kappa shape index (κ2) is 5.44. The number of carboxylic acids is 1. The van der Waals surface area contributed by atoms with Crippen molar-refractivity contribution in [3.05, 3.63) is 29.3 Å². The summed E-state index contributed by atoms with van der Waals surface area (Å²) in [6, 6.07) is 6.40. The summed E-state index contributed by atoms with van der Waals surface area (Å²) in [6.45, 7) is 6.47. The average molecular weight is 274 g/mol. The van der Waals surface area contributed by atoms with Gasteiger partial charge in [-0.15, -0.1) is 0 Å². The minimum Gasteiger partial charge on any atom is -0.478 e. The lowest BCUT2D eigenvalue weighted by molar-refractivity contribution is 0.0696. The first-order chi connectivity index (χ1) is 9.65. The molecule has 1 atom stereocenters. The Labute approximate surface area is 120 Å². The van der Waals surface area contributed by atoms with Crippen LogP contribution in [-0.2, 0) is 0 Å². The van der Waals surface area contributed by atoms with E-state index in [0.717, 1.165) is 18.7 Å². The Kier molecular flexibility index (Phi) is 3.66. The van der Waals surface area contributed by atoms with Crippen LogP contribution in [0.3, 0.4) is 0 Å². The first-order valence-electron chi connectivity index (χ1n) is 7.48. The molecule has 2 aliphatic rings. The lowest BCUT2D eigenvalue weighted by atomic mass is 10.1. The van der Waals surface area contributed by atoms with Crippen LogP contribution in [0.2, 0.25) is 0 Å². The first kappa shape index (κ1) is 13.4. The number of aromatic carboxylic acids is 1. The van der Waals surface area contributed by atoms with Crippen molar-refractivity contribution in [2.24, 2.45) is 0 Å². The second-order valence-corrected chi connectivity index (χ2v) is 5.94. The molecule has 0 radical (unpaired) electrons. The quantitative estimate of drug-likeness (QED) is 0.899. The zero-order valence-corrected chi connectivity index (χ0v) is 12.0. The van der Waals surface area contributed by atoms with Crippen molar-refractivity contribution < 1.29 is 9.90 Å². The highest BCUT2D eigenvalue weighted by molar-refractivity contribution is 5.89. The van der Waals surface area contributed by atoms with E-state index in [9.17, 15) is 4.79 Å². The lowest BCUT2D eigenvalue weighted by Crippen LogP contribution is -2.36. The summed E-state index contributed by atoms with van der Waals surface area (Å²) in [5.41, 5.74) is 2.43. The molecule has 0 amide bonds. The summed E-state index contributed by atoms with van der Waals surface area (Å²) in [5, 5.41) is 9.11. The van der Waals surface area contributed by atoms with Gasteiger partial charge >= 0.3 is 5.97 Å². The predicted octanol–water partition coefficient (Wildman–Crippen LogP) is 2.37. The molecule has 0 saturated carbocycles. The van der Waals surface area contributed by atoms with Crippen LogP contribution < -0.4 is 4.90 Å². The molecule has 2 aliphatic heterocycles. The van der Waals surface area contributed by atoms with E-state index >= 15 is 0 Å². The van der Waals surface area contributed by atoms with Crippen LogP contribution in [0.25, 0.3) is 0 Å². The van der Waals surface area contributed by atoms with Gasteiger partial charge in [-0.3, -0.25) is 4.90 Å². The topological polar surface area (TPSA) is 43.8 Å². The number of hydrogen-bond acceptors (Lipinski definition) is 3. The van der Waals surface area contributed by atoms with Crippen molar-refractivity contribution in [3.63, 3.8) is 0 Å². The first-order valence-corrected chi connectivity index (χ1v) is 7.48. The van der Waals surface area contributed by atoms with Crippen molar-refractivity contribution >= 4 is 11.7 Å². The van der Waals surface area contributed by atoms with Gasteiger partial charge in [0.1, 0.15) is 0 Å². The molecule has 0 aliphatic carbocycles. The molecular weight excluding hydrogens is 252 g/mol. The molecule has 0 bridgehead atoms. The third kappa shape index (κ3) is 2.52. The summed E-state index contributed by atoms with van der Waals surface area (Å²) in [6.07, 6.45) is 3.80. The maximum atomic E-state index is 11.1. The van der Waals surface area contributed by atoms with E-state index in [1.165, 1.54) is 38.0 Å². The summed E-state index contributed by atoms with van der Waals surface area (Å²) >= 11 is 0. The smallest absolute Gasteiger partial charge is 0.335 e. The molecule has 1 aromatic rings. The average Bonchev–Trinajstić information content (AvgIpc) is 2.75. The molecular formula is C16H22N2O2. The highest BCUT2D eigenvalue weighted by atomic mass is 16.4. The number of aryl methyl sites for hydroxylation is 1. The molecule has 2 fully saturated rings. The standard InChI is InChI=1S/C16H22N2O2/c1-12-10-13(5-6-15(12)16(19)20)18-9-3-8-17-7-2-4-14(17)11-18/h5-6,10,14H,2-4,7-9,11H2,1H3,(H,19,20). The van der Waals surface area contributed by atoms with Gasteiger partial charge in [-0.1, -0.05) is 0 Å². The third-order valence-electron chi connectivity index (χ3n) is 4.61. The molecule has 4 nitrogen and oxygen atoms in total. The van der Waals surface area contributed by atoms with Crippen molar-refractivity contribution in [3.8, 4) is 0 Å². The van der Waals surface area contributed by atoms with Gasteiger partial charge in [-0.25, -0.2) is 4.79 Å². The van der Waals surface area contributed by atoms with Gasteiger partial charge in [0, 0.05) is 31.4 Å². The van der Waals surface area contributed by atoms with E-state index in [2.05, 4.69) is 9.80 Å². The van der Waals surface area contributed by atoms with Crippen molar-refractivity contribution in [2.45, 2.75) is 32.2 Å². The van der Waals surface area contributed by atoms with Gasteiger partial charge in [0.2, 0.25) is 0 Å². The van der Waals surface area contributed by atoms with E-state index in [0.29, 0.717) is 11.6 Å². The number of carbonyl (C=O) groups is 1. The number of anilines is 1. The Morgan fingerprint density at radius 3 is 2.80 bits per heavy atom. The van der Waals surface area contributed by atoms with Crippen LogP contribution in [0.5, 0.6) is 0 Å². The second-order valence-electron chi connectivity index (χ2n) is 5.94. The van der Waals surface area contributed by atoms with Gasteiger partial charge in [0.25, 0.3) is 0 Å². The molecule has 1 N–H and O–H groups in total. The van der Waals surface area contributed by atoms with E-state index in [1.54, 1.807) is 6.07 Å². The van der Waals surface area contributed by atoms with Crippen molar-refractivity contribution in [1.82, 2.24) is 4.90 Å². The fourth-order valence-electron chi connectivity index (χ4n) is 3.53. The largest absolute Gasteiger partial charge is 0.478 e. The third-order valence-corrected chi connectivity index (χ3v) is 4.61. The van der Waals surface area contributed by atoms with Crippen LogP contribution in [0, 0.1) is 6.92 Å². The summed E-state index contributed by atoms with van der Waals surface area (Å²) in [5.74, 6) is -0.841. The number of hydrogen-bond donors (Lipinski definition) is 1. The zero-order chi connectivity index (χ0) is 14.1. The van der Waals surface area contributed by atoms with Crippen molar-refractivity contribution in [2.75, 3.05) is 31.1 Å². The Balaban J connectivity index is 1.81. The zero-order valence-electron chi connectivity index (χ0n) is 12.0. The number of nitrogens with zero attached hydrogens (tertiary/aromatic N) is 2. The maximum absolute atomic E-state index is 11.1. The van der Waals surface area contributed by atoms with Gasteiger partial charge in [-0.2, -0.15) is 0 Å². The summed E-state index contributed by atoms with van der Waals surface area (Å²) in [7, 11) is 0. The normalized spacial score (nSPS) is 23.4. The highest BCUT2D eigenvalue weighted by Crippen LogP contribution is 2.26. The summed E-state index contributed by atoms with van der Waals surface area (Å²) in [4.78, 5) is 16.1. The molecule has 3 rings (SSSR count). The Morgan fingerprint density at radius 2 is 2.05 bits per heavy atom. The highest BCUT2D eigenvalue weighted by Gasteiger charge is 2.28. The monoisotopic (exact) mass is 274 g/mol. The molecule has 2 heterocycles. The molecule has 2 saturated heterocycles. The molecule has 0 aromatic heterocycles. The molecule has 4 heteroatoms. The lowest BCUT2D eigenvalue weighted by Gasteiger charge is -2.27. The number of carboxylic acid groups (broad SMARTS) is 1. The maximum Gasteiger partial charge on any atom is 0.335 e. The Bertz CT molecular complexity index is 515. The van der Waals surface area contributed by atoms with Crippen molar-refractivity contribution in [1.29, 1.82) is 0 Å². The molecule has 1 aromatic carbocycles. The minimum atomic E-state index is -0.841. The number of fused-ring (bicyclic) bond motifs is 1. The molecule has 20 heavy (non-hydrogen) atoms. The van der Waals surface area contributed by atoms with Crippen LogP contribution in [0.15, 0.2) is 18.2 Å². The Hall–Kier alpha value is -1.55. The molecule has 0 spiro atoms. The minimum absolute atomic E-state index is 0.408. The van der Waals surface area contributed by atoms with Gasteiger partial charge in [0.05, 0.1) is 5.56 Å². The van der Waals surface area contributed by atoms with Crippen LogP contribution in [-0.4, -0.2) is 48.2 Å². The predicted molar refractivity (Wildman–Crippen MR) is 79.6 cm³/mol. The molecule has 1 unspecified atom stereocenters. The fraction of sp³-hybridized carbons (Fsp3) is 0.562. The number of rotatable bonds is 2. The van der Waals surface area contributed by atoms with E-state index in [-0.39, 0.29) is 0 Å². The molecule has 108 valence electrons. The Morgan fingerprint density at radius 1 is 1.25 bits per heavy atom. The van der Waals surface area contributed by atoms with Crippen LogP contribution in [0.4, 0.5) is 5.69 Å². The van der Waals surface area contributed by atoms with Gasteiger partial charge in [-0.05, 0) is 56.5 Å². The number of benzene rings is 1.